The molecule has 0 amide bonds. The molecule has 0 saturated carbocycles. The molecule has 1 saturated heterocycles. The number of hydrogen-bond acceptors (Lipinski definition) is 4. The summed E-state index contributed by atoms with van der Waals surface area (Å²) in [6.07, 6.45) is 2.43. The van der Waals surface area contributed by atoms with Crippen LogP contribution in [0.3, 0.4) is 0 Å². The summed E-state index contributed by atoms with van der Waals surface area (Å²) in [5, 5.41) is 3.77. The third-order valence-corrected chi connectivity index (χ3v) is 4.76. The number of ether oxygens (including phenoxy) is 2. The van der Waals surface area contributed by atoms with E-state index < -0.39 is 0 Å². The van der Waals surface area contributed by atoms with E-state index in [1.54, 1.807) is 0 Å². The molecular weight excluding hydrogens is 264 g/mol. The molecular formula is C17H26N2O2. The molecule has 0 aromatic heterocycles. The second kappa shape index (κ2) is 6.24. The normalized spacial score (nSPS) is 27.4. The zero-order chi connectivity index (χ0) is 14.8. The molecule has 1 N–H and O–H groups in total. The van der Waals surface area contributed by atoms with Crippen molar-refractivity contribution in [1.82, 2.24) is 10.2 Å². The van der Waals surface area contributed by atoms with Gasteiger partial charge in [-0.2, -0.15) is 0 Å². The van der Waals surface area contributed by atoms with Gasteiger partial charge in [0.15, 0.2) is 11.5 Å². The van der Waals surface area contributed by atoms with Crippen LogP contribution in [0, 0.1) is 0 Å². The fourth-order valence-electron chi connectivity index (χ4n) is 3.22. The SMILES string of the molecule is CC(NC1CCN(C)C(C)C1)c1ccc2c(c1)OCCO2. The number of piperidine rings is 1. The van der Waals surface area contributed by atoms with E-state index in [0.717, 1.165) is 11.5 Å². The maximum Gasteiger partial charge on any atom is 0.161 e. The lowest BCUT2D eigenvalue weighted by molar-refractivity contribution is 0.162. The maximum atomic E-state index is 5.68. The number of rotatable bonds is 3. The van der Waals surface area contributed by atoms with E-state index in [1.807, 2.05) is 6.07 Å². The van der Waals surface area contributed by atoms with Crippen LogP contribution in [0.2, 0.25) is 0 Å². The standard InChI is InChI=1S/C17H26N2O2/c1-12-10-15(6-7-19(12)3)18-13(2)14-4-5-16-17(11-14)21-9-8-20-16/h4-5,11-13,15,18H,6-10H2,1-3H3. The Bertz CT molecular complexity index is 492. The molecule has 1 fully saturated rings. The molecule has 0 spiro atoms. The van der Waals surface area contributed by atoms with E-state index >= 15 is 0 Å². The fourth-order valence-corrected chi connectivity index (χ4v) is 3.22. The Morgan fingerprint density at radius 2 is 2.00 bits per heavy atom. The maximum absolute atomic E-state index is 5.68. The lowest BCUT2D eigenvalue weighted by Gasteiger charge is -2.36. The lowest BCUT2D eigenvalue weighted by atomic mass is 9.97. The zero-order valence-corrected chi connectivity index (χ0v) is 13.3. The first-order chi connectivity index (χ1) is 10.1. The van der Waals surface area contributed by atoms with E-state index in [2.05, 4.69) is 43.2 Å². The van der Waals surface area contributed by atoms with Gasteiger partial charge in [-0.05, 0) is 58.0 Å². The molecule has 3 unspecified atom stereocenters. The van der Waals surface area contributed by atoms with E-state index in [1.165, 1.54) is 24.9 Å². The molecule has 2 aliphatic rings. The third-order valence-electron chi connectivity index (χ3n) is 4.76. The lowest BCUT2D eigenvalue weighted by Crippen LogP contribution is -2.46. The molecule has 0 radical (unpaired) electrons. The minimum atomic E-state index is 0.335. The summed E-state index contributed by atoms with van der Waals surface area (Å²) in [7, 11) is 2.21. The molecule has 21 heavy (non-hydrogen) atoms. The number of nitrogens with one attached hydrogen (secondary N) is 1. The number of nitrogens with zero attached hydrogens (tertiary/aromatic N) is 1. The van der Waals surface area contributed by atoms with Crippen molar-refractivity contribution in [3.05, 3.63) is 23.8 Å². The van der Waals surface area contributed by atoms with E-state index in [9.17, 15) is 0 Å². The quantitative estimate of drug-likeness (QED) is 0.928. The summed E-state index contributed by atoms with van der Waals surface area (Å²) in [5.41, 5.74) is 1.27. The van der Waals surface area contributed by atoms with Crippen LogP contribution in [-0.4, -0.2) is 43.8 Å². The molecule has 2 heterocycles. The monoisotopic (exact) mass is 290 g/mol. The van der Waals surface area contributed by atoms with Crippen molar-refractivity contribution in [1.29, 1.82) is 0 Å². The van der Waals surface area contributed by atoms with Crippen LogP contribution in [0.5, 0.6) is 11.5 Å². The van der Waals surface area contributed by atoms with Gasteiger partial charge in [0, 0.05) is 18.1 Å². The van der Waals surface area contributed by atoms with Crippen LogP contribution >= 0.6 is 0 Å². The summed E-state index contributed by atoms with van der Waals surface area (Å²) in [5.74, 6) is 1.74. The summed E-state index contributed by atoms with van der Waals surface area (Å²) in [4.78, 5) is 2.44. The number of hydrogen-bond donors (Lipinski definition) is 1. The second-order valence-corrected chi connectivity index (χ2v) is 6.34. The first kappa shape index (κ1) is 14.7. The Balaban J connectivity index is 1.64. The molecule has 1 aromatic rings. The number of fused-ring (bicyclic) bond motifs is 1. The van der Waals surface area contributed by atoms with E-state index in [-0.39, 0.29) is 0 Å². The van der Waals surface area contributed by atoms with Crippen molar-refractivity contribution >= 4 is 0 Å². The Hall–Kier alpha value is -1.26. The molecule has 4 nitrogen and oxygen atoms in total. The van der Waals surface area contributed by atoms with Gasteiger partial charge in [-0.15, -0.1) is 0 Å². The predicted octanol–water partition coefficient (Wildman–Crippen LogP) is 2.59. The van der Waals surface area contributed by atoms with Gasteiger partial charge >= 0.3 is 0 Å². The van der Waals surface area contributed by atoms with Gasteiger partial charge in [-0.3, -0.25) is 0 Å². The van der Waals surface area contributed by atoms with Gasteiger partial charge in [0.25, 0.3) is 0 Å². The Morgan fingerprint density at radius 1 is 1.24 bits per heavy atom. The van der Waals surface area contributed by atoms with Gasteiger partial charge in [0.1, 0.15) is 13.2 Å². The first-order valence-electron chi connectivity index (χ1n) is 7.99. The number of benzene rings is 1. The van der Waals surface area contributed by atoms with Crippen molar-refractivity contribution in [3.63, 3.8) is 0 Å². The van der Waals surface area contributed by atoms with Crippen LogP contribution in [0.1, 0.15) is 38.3 Å². The van der Waals surface area contributed by atoms with Crippen molar-refractivity contribution in [2.75, 3.05) is 26.8 Å². The van der Waals surface area contributed by atoms with Crippen molar-refractivity contribution < 1.29 is 9.47 Å². The Labute approximate surface area is 127 Å². The Kier molecular flexibility index (Phi) is 4.36. The van der Waals surface area contributed by atoms with E-state index in [4.69, 9.17) is 9.47 Å². The van der Waals surface area contributed by atoms with Crippen molar-refractivity contribution in [2.24, 2.45) is 0 Å². The van der Waals surface area contributed by atoms with Gasteiger partial charge < -0.3 is 19.7 Å². The molecule has 0 aliphatic carbocycles. The summed E-state index contributed by atoms with van der Waals surface area (Å²) >= 11 is 0. The van der Waals surface area contributed by atoms with Crippen LogP contribution in [-0.2, 0) is 0 Å². The summed E-state index contributed by atoms with van der Waals surface area (Å²) < 4.78 is 11.3. The van der Waals surface area contributed by atoms with Crippen LogP contribution < -0.4 is 14.8 Å². The Morgan fingerprint density at radius 3 is 2.76 bits per heavy atom. The van der Waals surface area contributed by atoms with Gasteiger partial charge in [-0.25, -0.2) is 0 Å². The zero-order valence-electron chi connectivity index (χ0n) is 13.3. The predicted molar refractivity (Wildman–Crippen MR) is 84.1 cm³/mol. The highest BCUT2D eigenvalue weighted by molar-refractivity contribution is 5.44. The van der Waals surface area contributed by atoms with E-state index in [0.29, 0.717) is 31.3 Å². The van der Waals surface area contributed by atoms with Crippen molar-refractivity contribution in [2.45, 2.75) is 44.8 Å². The molecule has 4 heteroatoms. The molecule has 3 rings (SSSR count). The summed E-state index contributed by atoms with van der Waals surface area (Å²) in [6.45, 7) is 7.00. The molecule has 2 aliphatic heterocycles. The van der Waals surface area contributed by atoms with Crippen molar-refractivity contribution in [3.8, 4) is 11.5 Å². The molecule has 116 valence electrons. The second-order valence-electron chi connectivity index (χ2n) is 6.34. The third kappa shape index (κ3) is 3.33. The van der Waals surface area contributed by atoms with Crippen LogP contribution in [0.4, 0.5) is 0 Å². The van der Waals surface area contributed by atoms with Gasteiger partial charge in [-0.1, -0.05) is 6.07 Å². The minimum Gasteiger partial charge on any atom is -0.486 e. The average molecular weight is 290 g/mol. The largest absolute Gasteiger partial charge is 0.486 e. The van der Waals surface area contributed by atoms with Crippen LogP contribution in [0.15, 0.2) is 18.2 Å². The smallest absolute Gasteiger partial charge is 0.161 e. The summed E-state index contributed by atoms with van der Waals surface area (Å²) in [6, 6.07) is 7.87. The highest BCUT2D eigenvalue weighted by atomic mass is 16.6. The average Bonchev–Trinajstić information content (AvgIpc) is 2.50. The molecule has 1 aromatic carbocycles. The molecule has 3 atom stereocenters. The van der Waals surface area contributed by atoms with Gasteiger partial charge in [0.05, 0.1) is 0 Å². The minimum absolute atomic E-state index is 0.335. The van der Waals surface area contributed by atoms with Gasteiger partial charge in [0.2, 0.25) is 0 Å². The highest BCUT2D eigenvalue weighted by Crippen LogP contribution is 2.33. The topological polar surface area (TPSA) is 33.7 Å². The molecule has 0 bridgehead atoms. The highest BCUT2D eigenvalue weighted by Gasteiger charge is 2.24. The fraction of sp³-hybridized carbons (Fsp3) is 0.647. The first-order valence-corrected chi connectivity index (χ1v) is 7.99. The van der Waals surface area contributed by atoms with Crippen LogP contribution in [0.25, 0.3) is 0 Å². The number of likely N-dealkylation sites (tertiary alicyclic amines) is 1.